The van der Waals surface area contributed by atoms with E-state index in [0.717, 1.165) is 27.1 Å². The highest BCUT2D eigenvalue weighted by molar-refractivity contribution is 9.10. The maximum atomic E-state index is 8.23. The fraction of sp³-hybridized carbons (Fsp3) is 0.261. The van der Waals surface area contributed by atoms with Crippen LogP contribution in [0.3, 0.4) is 0 Å². The molecule has 0 unspecified atom stereocenters. The Morgan fingerprint density at radius 1 is 1.21 bits per heavy atom. The van der Waals surface area contributed by atoms with Gasteiger partial charge >= 0.3 is 0 Å². The second kappa shape index (κ2) is 9.59. The Labute approximate surface area is 208 Å². The van der Waals surface area contributed by atoms with E-state index in [1.807, 2.05) is 41.8 Å². The van der Waals surface area contributed by atoms with Crippen LogP contribution in [0.15, 0.2) is 51.2 Å². The summed E-state index contributed by atoms with van der Waals surface area (Å²) in [4.78, 5) is 13.2. The summed E-state index contributed by atoms with van der Waals surface area (Å²) < 4.78 is 24.8. The van der Waals surface area contributed by atoms with Crippen molar-refractivity contribution in [3.63, 3.8) is 0 Å². The summed E-state index contributed by atoms with van der Waals surface area (Å²) in [6.07, 6.45) is 2.40. The molecule has 4 aromatic rings. The van der Waals surface area contributed by atoms with Gasteiger partial charge < -0.3 is 28.5 Å². The Bertz CT molecular complexity index is 1420. The van der Waals surface area contributed by atoms with E-state index in [9.17, 15) is 0 Å². The van der Waals surface area contributed by atoms with Crippen LogP contribution in [0.5, 0.6) is 23.0 Å². The lowest BCUT2D eigenvalue weighted by atomic mass is 10.1. The van der Waals surface area contributed by atoms with Gasteiger partial charge in [0.1, 0.15) is 5.52 Å². The Hall–Kier alpha value is -3.18. The van der Waals surface area contributed by atoms with Crippen molar-refractivity contribution >= 4 is 38.9 Å². The van der Waals surface area contributed by atoms with Crippen LogP contribution in [0.2, 0.25) is 0 Å². The summed E-state index contributed by atoms with van der Waals surface area (Å²) in [5, 5.41) is 8.89. The monoisotopic (exact) mass is 543 g/mol. The number of rotatable bonds is 8. The Balaban J connectivity index is 1.40. The van der Waals surface area contributed by atoms with Crippen molar-refractivity contribution in [3.8, 4) is 23.0 Å². The molecule has 0 radical (unpaired) electrons. The number of fused-ring (bicyclic) bond motifs is 2. The number of aromatic nitrogens is 4. The molecule has 34 heavy (non-hydrogen) atoms. The summed E-state index contributed by atoms with van der Waals surface area (Å²) >= 11 is 5.03. The Morgan fingerprint density at radius 3 is 2.82 bits per heavy atom. The molecule has 0 saturated carbocycles. The average molecular weight is 544 g/mol. The van der Waals surface area contributed by atoms with Crippen LogP contribution in [0.1, 0.15) is 12.5 Å². The molecule has 2 aromatic carbocycles. The van der Waals surface area contributed by atoms with Crippen LogP contribution in [0.4, 0.5) is 0 Å². The molecule has 0 spiro atoms. The van der Waals surface area contributed by atoms with E-state index in [2.05, 4.69) is 25.9 Å². The summed E-state index contributed by atoms with van der Waals surface area (Å²) in [5.74, 6) is 2.85. The van der Waals surface area contributed by atoms with Gasteiger partial charge in [-0.05, 0) is 59.1 Å². The van der Waals surface area contributed by atoms with Crippen molar-refractivity contribution in [1.82, 2.24) is 19.5 Å². The molecule has 5 rings (SSSR count). The molecule has 9 nitrogen and oxygen atoms in total. The number of nitrogens with one attached hydrogen (secondary N) is 2. The van der Waals surface area contributed by atoms with Gasteiger partial charge in [0.25, 0.3) is 0 Å². The van der Waals surface area contributed by atoms with E-state index < -0.39 is 0 Å². The minimum Gasteiger partial charge on any atom is -0.493 e. The third-order valence-corrected chi connectivity index (χ3v) is 7.16. The molecule has 0 bridgehead atoms. The van der Waals surface area contributed by atoms with E-state index in [1.165, 1.54) is 11.8 Å². The Kier molecular flexibility index (Phi) is 6.38. The smallest absolute Gasteiger partial charge is 0.231 e. The molecule has 1 aliphatic rings. The topological polar surface area (TPSA) is 107 Å². The van der Waals surface area contributed by atoms with Crippen LogP contribution in [0, 0.1) is 5.41 Å². The lowest BCUT2D eigenvalue weighted by Crippen LogP contribution is -2.13. The highest BCUT2D eigenvalue weighted by atomic mass is 79.9. The molecule has 176 valence electrons. The zero-order valence-electron chi connectivity index (χ0n) is 18.6. The molecule has 2 N–H and O–H groups in total. The minimum atomic E-state index is 0.151. The van der Waals surface area contributed by atoms with Crippen LogP contribution in [-0.2, 0) is 13.0 Å². The van der Waals surface area contributed by atoms with E-state index in [1.54, 1.807) is 13.4 Å². The molecule has 1 aliphatic heterocycles. The molecule has 0 fully saturated rings. The second-order valence-electron chi connectivity index (χ2n) is 7.43. The first kappa shape index (κ1) is 22.6. The molecule has 3 heterocycles. The molecule has 0 atom stereocenters. The van der Waals surface area contributed by atoms with Gasteiger partial charge in [0.2, 0.25) is 6.79 Å². The largest absolute Gasteiger partial charge is 0.493 e. The number of hydrogen-bond donors (Lipinski definition) is 2. The number of ether oxygens (including phenoxy) is 4. The van der Waals surface area contributed by atoms with Gasteiger partial charge in [-0.3, -0.25) is 5.41 Å². The van der Waals surface area contributed by atoms with Gasteiger partial charge in [-0.15, -0.1) is 0 Å². The molecule has 0 aliphatic carbocycles. The number of halogens is 1. The van der Waals surface area contributed by atoms with Crippen molar-refractivity contribution in [1.29, 1.82) is 5.41 Å². The highest BCUT2D eigenvalue weighted by Gasteiger charge is 2.18. The quantitative estimate of drug-likeness (QED) is 0.336. The number of methoxy groups -OCH3 is 1. The highest BCUT2D eigenvalue weighted by Crippen LogP contribution is 2.42. The summed E-state index contributed by atoms with van der Waals surface area (Å²) in [6.45, 7) is 3.37. The van der Waals surface area contributed by atoms with Gasteiger partial charge in [0.05, 0.1) is 20.0 Å². The number of imidazole rings is 1. The molecule has 0 amide bonds. The maximum absolute atomic E-state index is 8.23. The second-order valence-corrected chi connectivity index (χ2v) is 9.32. The van der Waals surface area contributed by atoms with Gasteiger partial charge in [-0.2, -0.15) is 0 Å². The lowest BCUT2D eigenvalue weighted by Gasteiger charge is -2.12. The predicted molar refractivity (Wildman–Crippen MR) is 130 cm³/mol. The van der Waals surface area contributed by atoms with Crippen molar-refractivity contribution in [2.24, 2.45) is 0 Å². The first-order chi connectivity index (χ1) is 16.6. The lowest BCUT2D eigenvalue weighted by molar-refractivity contribution is 0.174. The molecule has 2 aromatic heterocycles. The third-order valence-electron chi connectivity index (χ3n) is 5.30. The van der Waals surface area contributed by atoms with Crippen LogP contribution in [0.25, 0.3) is 11.2 Å². The molecule has 11 heteroatoms. The average Bonchev–Trinajstić information content (AvgIpc) is 3.46. The third kappa shape index (κ3) is 4.45. The number of aryl methyl sites for hydroxylation is 2. The van der Waals surface area contributed by atoms with Gasteiger partial charge in [-0.1, -0.05) is 17.8 Å². The summed E-state index contributed by atoms with van der Waals surface area (Å²) in [7, 11) is 1.63. The van der Waals surface area contributed by atoms with Crippen molar-refractivity contribution < 1.29 is 18.9 Å². The predicted octanol–water partition coefficient (Wildman–Crippen LogP) is 4.53. The van der Waals surface area contributed by atoms with E-state index in [-0.39, 0.29) is 12.3 Å². The maximum Gasteiger partial charge on any atom is 0.231 e. The standard InChI is InChI=1S/C23H22BrN5O4S/c1-3-31-16-8-13(4-5-15(16)30-2)6-7-29-11-26-21(25)20-22(29)28-23(27-20)34-19-10-18-17(9-14(19)24)32-12-33-18/h4-5,8-11,25H,3,6-7,12H2,1-2H3,(H,27,28). The van der Waals surface area contributed by atoms with E-state index >= 15 is 0 Å². The fourth-order valence-electron chi connectivity index (χ4n) is 3.65. The Morgan fingerprint density at radius 2 is 2.03 bits per heavy atom. The fourth-order valence-corrected chi connectivity index (χ4v) is 5.03. The molecular formula is C23H22BrN5O4S. The van der Waals surface area contributed by atoms with Crippen molar-refractivity contribution in [2.45, 2.75) is 29.9 Å². The summed E-state index contributed by atoms with van der Waals surface area (Å²) in [6, 6.07) is 9.73. The van der Waals surface area contributed by atoms with Crippen molar-refractivity contribution in [2.75, 3.05) is 20.5 Å². The van der Waals surface area contributed by atoms with Crippen molar-refractivity contribution in [3.05, 3.63) is 52.2 Å². The first-order valence-electron chi connectivity index (χ1n) is 10.6. The number of H-pyrrole nitrogens is 1. The zero-order valence-corrected chi connectivity index (χ0v) is 21.0. The SMILES string of the molecule is CCOc1cc(CCn2cnc(=N)c3[nH]c(Sc4cc5c(cc4Br)OCO5)nc32)ccc1OC. The number of nitrogens with zero attached hydrogens (tertiary/aromatic N) is 3. The normalized spacial score (nSPS) is 12.3. The summed E-state index contributed by atoms with van der Waals surface area (Å²) in [5.41, 5.74) is 2.53. The van der Waals surface area contributed by atoms with E-state index in [4.69, 9.17) is 29.3 Å². The van der Waals surface area contributed by atoms with Gasteiger partial charge in [0.15, 0.2) is 39.3 Å². The zero-order chi connectivity index (χ0) is 23.7. The van der Waals surface area contributed by atoms with Crippen LogP contribution >= 0.6 is 27.7 Å². The minimum absolute atomic E-state index is 0.151. The number of benzene rings is 2. The molecular weight excluding hydrogens is 522 g/mol. The first-order valence-corrected chi connectivity index (χ1v) is 12.2. The van der Waals surface area contributed by atoms with Gasteiger partial charge in [0, 0.05) is 15.9 Å². The van der Waals surface area contributed by atoms with Gasteiger partial charge in [-0.25, -0.2) is 9.97 Å². The number of aromatic amines is 1. The van der Waals surface area contributed by atoms with E-state index in [0.29, 0.717) is 46.7 Å². The number of hydrogen-bond acceptors (Lipinski definition) is 8. The molecule has 0 saturated heterocycles. The van der Waals surface area contributed by atoms with Crippen LogP contribution in [-0.4, -0.2) is 40.0 Å². The van der Waals surface area contributed by atoms with Crippen LogP contribution < -0.4 is 24.4 Å².